The molecular weight excluding hydrogens is 372 g/mol. The number of likely N-dealkylation sites (tertiary alicyclic amines) is 1. The number of rotatable bonds is 4. The van der Waals surface area contributed by atoms with Crippen molar-refractivity contribution in [1.29, 1.82) is 0 Å². The summed E-state index contributed by atoms with van der Waals surface area (Å²) in [6.45, 7) is 5.22. The first-order chi connectivity index (χ1) is 14.6. The van der Waals surface area contributed by atoms with Crippen LogP contribution < -0.4 is 5.56 Å². The van der Waals surface area contributed by atoms with Gasteiger partial charge in [-0.1, -0.05) is 19.1 Å². The first-order valence-electron chi connectivity index (χ1n) is 10.9. The second-order valence-corrected chi connectivity index (χ2v) is 9.22. The quantitative estimate of drug-likeness (QED) is 0.562. The normalized spacial score (nSPS) is 23.7. The average molecular weight is 399 g/mol. The lowest BCUT2D eigenvalue weighted by molar-refractivity contribution is 0.173. The summed E-state index contributed by atoms with van der Waals surface area (Å²) in [5.41, 5.74) is 3.56. The fraction of sp³-hybridized carbons (Fsp3) is 0.360. The first kappa shape index (κ1) is 17.9. The zero-order valence-corrected chi connectivity index (χ0v) is 17.2. The number of hydrogen-bond donors (Lipinski definition) is 1. The summed E-state index contributed by atoms with van der Waals surface area (Å²) >= 11 is 0. The summed E-state index contributed by atoms with van der Waals surface area (Å²) in [4.78, 5) is 23.2. The van der Waals surface area contributed by atoms with Crippen molar-refractivity contribution in [3.63, 3.8) is 0 Å². The van der Waals surface area contributed by atoms with Crippen LogP contribution in [0.3, 0.4) is 0 Å². The van der Waals surface area contributed by atoms with E-state index in [9.17, 15) is 4.79 Å². The summed E-state index contributed by atoms with van der Waals surface area (Å²) in [6.07, 6.45) is 7.97. The highest BCUT2D eigenvalue weighted by Gasteiger charge is 2.42. The zero-order valence-electron chi connectivity index (χ0n) is 17.2. The Bertz CT molecular complexity index is 1300. The van der Waals surface area contributed by atoms with Crippen LogP contribution in [-0.4, -0.2) is 32.0 Å². The molecule has 5 nitrogen and oxygen atoms in total. The lowest BCUT2D eigenvalue weighted by Gasteiger charge is -2.29. The van der Waals surface area contributed by atoms with Crippen molar-refractivity contribution in [2.75, 3.05) is 6.54 Å². The topological polar surface area (TPSA) is 53.9 Å². The van der Waals surface area contributed by atoms with Crippen molar-refractivity contribution >= 4 is 21.7 Å². The van der Waals surface area contributed by atoms with Crippen LogP contribution in [0.5, 0.6) is 0 Å². The van der Waals surface area contributed by atoms with E-state index >= 15 is 0 Å². The van der Waals surface area contributed by atoms with Crippen LogP contribution >= 0.6 is 0 Å². The number of aromatic nitrogens is 3. The van der Waals surface area contributed by atoms with Crippen LogP contribution in [0, 0.1) is 11.8 Å². The molecule has 4 aromatic rings. The number of piperidine rings is 1. The number of benzene rings is 1. The minimum absolute atomic E-state index is 0.00573. The highest BCUT2D eigenvalue weighted by atomic mass is 16.1. The number of pyridine rings is 2. The maximum absolute atomic E-state index is 12.8. The Morgan fingerprint density at radius 1 is 1.10 bits per heavy atom. The molecule has 6 rings (SSSR count). The molecule has 0 radical (unpaired) electrons. The number of hydrogen-bond acceptors (Lipinski definition) is 3. The molecule has 2 aliphatic rings. The van der Waals surface area contributed by atoms with Crippen LogP contribution in [0.4, 0.5) is 0 Å². The molecule has 0 spiro atoms. The molecule has 2 fully saturated rings. The maximum atomic E-state index is 12.8. The molecule has 1 aliphatic carbocycles. The summed E-state index contributed by atoms with van der Waals surface area (Å²) in [6, 6.07) is 13.4. The van der Waals surface area contributed by atoms with E-state index in [-0.39, 0.29) is 5.56 Å². The van der Waals surface area contributed by atoms with Gasteiger partial charge in [-0.15, -0.1) is 0 Å². The van der Waals surface area contributed by atoms with Crippen molar-refractivity contribution < 1.29 is 0 Å². The Balaban J connectivity index is 1.25. The van der Waals surface area contributed by atoms with Crippen molar-refractivity contribution in [1.82, 2.24) is 19.4 Å². The van der Waals surface area contributed by atoms with Gasteiger partial charge in [0.25, 0.3) is 5.56 Å². The fourth-order valence-corrected chi connectivity index (χ4v) is 5.58. The molecule has 1 aliphatic heterocycles. The van der Waals surface area contributed by atoms with Crippen LogP contribution in [0.15, 0.2) is 59.8 Å². The predicted octanol–water partition coefficient (Wildman–Crippen LogP) is 4.16. The molecular formula is C25H26N4O. The van der Waals surface area contributed by atoms with Gasteiger partial charge in [-0.3, -0.25) is 14.7 Å². The molecule has 5 heteroatoms. The van der Waals surface area contributed by atoms with Crippen LogP contribution in [0.2, 0.25) is 0 Å². The maximum Gasteiger partial charge on any atom is 0.260 e. The Kier molecular flexibility index (Phi) is 4.06. The van der Waals surface area contributed by atoms with E-state index in [4.69, 9.17) is 0 Å². The van der Waals surface area contributed by atoms with Crippen molar-refractivity contribution in [2.45, 2.75) is 38.9 Å². The van der Waals surface area contributed by atoms with Gasteiger partial charge in [0.2, 0.25) is 0 Å². The average Bonchev–Trinajstić information content (AvgIpc) is 3.43. The predicted molar refractivity (Wildman–Crippen MR) is 119 cm³/mol. The highest BCUT2D eigenvalue weighted by Crippen LogP contribution is 2.42. The van der Waals surface area contributed by atoms with Gasteiger partial charge in [-0.05, 0) is 65.3 Å². The third-order valence-corrected chi connectivity index (χ3v) is 7.26. The molecule has 3 atom stereocenters. The summed E-state index contributed by atoms with van der Waals surface area (Å²) in [5, 5.41) is 2.83. The lowest BCUT2D eigenvalue weighted by Crippen LogP contribution is -2.34. The van der Waals surface area contributed by atoms with Gasteiger partial charge in [0.15, 0.2) is 0 Å². The van der Waals surface area contributed by atoms with E-state index in [1.165, 1.54) is 30.5 Å². The second-order valence-electron chi connectivity index (χ2n) is 9.22. The van der Waals surface area contributed by atoms with Crippen LogP contribution in [0.25, 0.3) is 21.7 Å². The molecule has 152 valence electrons. The molecule has 4 heterocycles. The van der Waals surface area contributed by atoms with E-state index in [0.717, 1.165) is 40.9 Å². The number of aromatic amines is 1. The molecule has 2 bridgehead atoms. The number of nitrogens with one attached hydrogen (secondary N) is 1. The lowest BCUT2D eigenvalue weighted by atomic mass is 9.97. The third-order valence-electron chi connectivity index (χ3n) is 7.26. The van der Waals surface area contributed by atoms with Gasteiger partial charge in [0.1, 0.15) is 0 Å². The monoisotopic (exact) mass is 398 g/mol. The molecule has 1 saturated carbocycles. The van der Waals surface area contributed by atoms with Gasteiger partial charge in [-0.25, -0.2) is 0 Å². The smallest absolute Gasteiger partial charge is 0.260 e. The van der Waals surface area contributed by atoms with Crippen LogP contribution in [-0.2, 0) is 13.1 Å². The minimum Gasteiger partial charge on any atom is -0.357 e. The second kappa shape index (κ2) is 6.81. The molecule has 0 amide bonds. The summed E-state index contributed by atoms with van der Waals surface area (Å²) in [5.74, 6) is 1.78. The van der Waals surface area contributed by atoms with Gasteiger partial charge < -0.3 is 9.55 Å². The zero-order chi connectivity index (χ0) is 20.2. The Morgan fingerprint density at radius 3 is 2.87 bits per heavy atom. The molecule has 1 N–H and O–H groups in total. The Hall–Kier alpha value is -2.92. The van der Waals surface area contributed by atoms with Crippen molar-refractivity contribution in [2.24, 2.45) is 11.8 Å². The van der Waals surface area contributed by atoms with Gasteiger partial charge in [0, 0.05) is 48.9 Å². The molecule has 30 heavy (non-hydrogen) atoms. The largest absolute Gasteiger partial charge is 0.357 e. The summed E-state index contributed by atoms with van der Waals surface area (Å²) in [7, 11) is 0. The SMILES string of the molecule is CC1C[C@@H]2C[C@H]1CN2Cc1cc2ccc(Cn3ccc4ccncc4c3=O)cc2[nH]1. The third kappa shape index (κ3) is 2.96. The van der Waals surface area contributed by atoms with Gasteiger partial charge in [-0.2, -0.15) is 0 Å². The number of H-pyrrole nitrogens is 1. The van der Waals surface area contributed by atoms with E-state index in [0.29, 0.717) is 11.9 Å². The minimum atomic E-state index is 0.00573. The number of fused-ring (bicyclic) bond motifs is 4. The van der Waals surface area contributed by atoms with Gasteiger partial charge in [0.05, 0.1) is 11.9 Å². The van der Waals surface area contributed by atoms with E-state index in [2.05, 4.69) is 46.1 Å². The van der Waals surface area contributed by atoms with E-state index in [1.54, 1.807) is 17.0 Å². The molecule has 3 aromatic heterocycles. The molecule has 1 saturated heterocycles. The van der Waals surface area contributed by atoms with Crippen LogP contribution in [0.1, 0.15) is 31.0 Å². The Morgan fingerprint density at radius 2 is 2.03 bits per heavy atom. The summed E-state index contributed by atoms with van der Waals surface area (Å²) < 4.78 is 1.76. The molecule has 1 unspecified atom stereocenters. The van der Waals surface area contributed by atoms with Crippen molar-refractivity contribution in [3.05, 3.63) is 76.6 Å². The van der Waals surface area contributed by atoms with Gasteiger partial charge >= 0.3 is 0 Å². The van der Waals surface area contributed by atoms with E-state index in [1.807, 2.05) is 18.3 Å². The first-order valence-corrected chi connectivity index (χ1v) is 10.9. The fourth-order valence-electron chi connectivity index (χ4n) is 5.58. The Labute approximate surface area is 175 Å². The van der Waals surface area contributed by atoms with Crippen molar-refractivity contribution in [3.8, 4) is 0 Å². The molecule has 1 aromatic carbocycles. The highest BCUT2D eigenvalue weighted by molar-refractivity contribution is 5.81. The number of nitrogens with zero attached hydrogens (tertiary/aromatic N) is 3. The van der Waals surface area contributed by atoms with E-state index < -0.39 is 0 Å². The standard InChI is InChI=1S/C25H26N4O/c1-16-8-22-11-20(16)14-29(22)15-21-10-19-3-2-17(9-24(19)27-21)13-28-7-5-18-4-6-26-12-23(18)25(28)30/h2-7,9-10,12,16,20,22,27H,8,11,13-15H2,1H3/t16?,20-,22+/m0/s1.